The van der Waals surface area contributed by atoms with E-state index >= 15 is 0 Å². The van der Waals surface area contributed by atoms with Gasteiger partial charge in [-0.2, -0.15) is 0 Å². The number of carbonyl (C=O) groups is 6. The Balaban J connectivity index is 0.00000220. The standard InChI is InChI=1S/C53H69N5O10.CH4O3S/c1-8-26-66-46-32-40(21-23-45(46)68-48(60)9-2)33-58(24-27-65-28-25-58)34-47(59)54-41(22-20-38-16-12-10-13-17-38)50(62)56-43(30-37(5)6)51(63)57-44(31-39-18-14-11-15-19-39)52(64)55-42(29-36(3)4)49(61)53(7)35-67-53;1-5(2,3)4/h1,10-19,21,23,32,36-37,41-44H,9,20,22,24-31,33-35H2,2-7H3,(H3-,54,55,56,57,59,62,63,64);1H3,(H,2,3,4)/t41?,42?,43?,44?,53-;/m1./s1. The first-order valence-electron chi connectivity index (χ1n) is 24.7. The van der Waals surface area contributed by atoms with Crippen LogP contribution in [-0.2, 0) is 67.7 Å². The maximum atomic E-state index is 14.5. The van der Waals surface area contributed by atoms with Crippen molar-refractivity contribution in [1.29, 1.82) is 0 Å². The van der Waals surface area contributed by atoms with E-state index in [1.165, 1.54) is 0 Å². The van der Waals surface area contributed by atoms with E-state index in [0.717, 1.165) is 16.7 Å². The number of amides is 4. The van der Waals surface area contributed by atoms with Crippen LogP contribution in [0, 0.1) is 24.2 Å². The molecular weight excluding hydrogens is 959 g/mol. The molecule has 0 saturated carbocycles. The molecule has 2 saturated heterocycles. The van der Waals surface area contributed by atoms with Gasteiger partial charge >= 0.3 is 5.97 Å². The molecular formula is C54H73N5O13S. The normalized spacial score (nSPS) is 17.5. The average molecular weight is 1030 g/mol. The zero-order valence-electron chi connectivity index (χ0n) is 43.1. The number of rotatable bonds is 26. The molecule has 2 heterocycles. The third-order valence-corrected chi connectivity index (χ3v) is 12.2. The van der Waals surface area contributed by atoms with Crippen LogP contribution in [0.2, 0.25) is 0 Å². The van der Waals surface area contributed by atoms with Crippen LogP contribution in [0.4, 0.5) is 0 Å². The Morgan fingerprint density at radius 3 is 1.86 bits per heavy atom. The van der Waals surface area contributed by atoms with Gasteiger partial charge in [0.2, 0.25) is 17.7 Å². The second kappa shape index (κ2) is 28.3. The van der Waals surface area contributed by atoms with Gasteiger partial charge in [-0.05, 0) is 73.8 Å². The van der Waals surface area contributed by atoms with Gasteiger partial charge in [-0.1, -0.05) is 101 Å². The molecule has 3 aromatic carbocycles. The number of carbonyl (C=O) groups excluding carboxylic acids is 6. The minimum Gasteiger partial charge on any atom is -0.748 e. The van der Waals surface area contributed by atoms with Gasteiger partial charge in [-0.3, -0.25) is 28.8 Å². The lowest BCUT2D eigenvalue weighted by molar-refractivity contribution is -0.940. The van der Waals surface area contributed by atoms with Gasteiger partial charge < -0.3 is 49.3 Å². The number of hydrogen-bond acceptors (Lipinski definition) is 13. The Morgan fingerprint density at radius 1 is 0.767 bits per heavy atom. The van der Waals surface area contributed by atoms with Crippen LogP contribution in [0.3, 0.4) is 0 Å². The summed E-state index contributed by atoms with van der Waals surface area (Å²) in [6.45, 7) is 13.7. The molecule has 0 aromatic heterocycles. The van der Waals surface area contributed by atoms with E-state index in [9.17, 15) is 28.8 Å². The first-order valence-corrected chi connectivity index (χ1v) is 26.5. The second-order valence-corrected chi connectivity index (χ2v) is 21.1. The summed E-state index contributed by atoms with van der Waals surface area (Å²) in [6, 6.07) is 20.1. The number of morpholine rings is 1. The maximum absolute atomic E-state index is 14.5. The number of Topliss-reactive ketones (excluding diaryl/α,β-unsaturated/α-hetero) is 1. The van der Waals surface area contributed by atoms with Gasteiger partial charge in [0.05, 0.1) is 36.0 Å². The first kappa shape index (κ1) is 59.4. The van der Waals surface area contributed by atoms with E-state index in [-0.39, 0.29) is 74.7 Å². The monoisotopic (exact) mass is 1030 g/mol. The zero-order valence-corrected chi connectivity index (χ0v) is 43.9. The van der Waals surface area contributed by atoms with Crippen molar-refractivity contribution in [3.63, 3.8) is 0 Å². The smallest absolute Gasteiger partial charge is 0.311 e. The molecule has 0 radical (unpaired) electrons. The Kier molecular flexibility index (Phi) is 23.0. The van der Waals surface area contributed by atoms with Crippen LogP contribution in [0.1, 0.15) is 83.9 Å². The van der Waals surface area contributed by atoms with Crippen molar-refractivity contribution in [2.24, 2.45) is 11.8 Å². The minimum atomic E-state index is -3.92. The number of aryl methyl sites for hydroxylation is 1. The lowest BCUT2D eigenvalue weighted by Gasteiger charge is -2.41. The van der Waals surface area contributed by atoms with Gasteiger partial charge in [0, 0.05) is 24.7 Å². The summed E-state index contributed by atoms with van der Waals surface area (Å²) in [5.41, 5.74) is 1.61. The number of benzene rings is 3. The van der Waals surface area contributed by atoms with Crippen LogP contribution in [0.15, 0.2) is 78.9 Å². The molecule has 3 aromatic rings. The molecule has 5 rings (SSSR count). The number of terminal acetylenes is 1. The van der Waals surface area contributed by atoms with E-state index in [4.69, 9.17) is 38.3 Å². The van der Waals surface area contributed by atoms with Crippen molar-refractivity contribution in [2.75, 3.05) is 52.3 Å². The largest absolute Gasteiger partial charge is 0.748 e. The fourth-order valence-corrected chi connectivity index (χ4v) is 8.32. The number of ether oxygens (including phenoxy) is 4. The van der Waals surface area contributed by atoms with Gasteiger partial charge in [-0.25, -0.2) is 8.42 Å². The third kappa shape index (κ3) is 21.1. The molecule has 2 aliphatic rings. The molecule has 2 fully saturated rings. The summed E-state index contributed by atoms with van der Waals surface area (Å²) >= 11 is 0. The number of ketones is 1. The molecule has 0 spiro atoms. The molecule has 4 unspecified atom stereocenters. The molecule has 4 amide bonds. The van der Waals surface area contributed by atoms with Crippen molar-refractivity contribution in [2.45, 2.75) is 116 Å². The van der Waals surface area contributed by atoms with Crippen LogP contribution in [0.25, 0.3) is 0 Å². The molecule has 18 nitrogen and oxygen atoms in total. The molecule has 398 valence electrons. The van der Waals surface area contributed by atoms with Crippen LogP contribution in [-0.4, -0.2) is 135 Å². The summed E-state index contributed by atoms with van der Waals surface area (Å²) in [5, 5.41) is 11.8. The SMILES string of the molecule is C#CCOc1cc(C[N+]2(CC(=O)NC(CCc3ccccc3)C(=O)NC(CC(C)C)C(=O)NC(Cc3ccccc3)C(=O)NC(CC(C)C)C(=O)[C@@]3(C)CO3)CCOCC2)ccc1OC(=O)CC.CS(=O)(=O)[O-]. The summed E-state index contributed by atoms with van der Waals surface area (Å²) in [5.74, 6) is 0.390. The summed E-state index contributed by atoms with van der Waals surface area (Å²) in [7, 11) is -3.92. The van der Waals surface area contributed by atoms with Gasteiger partial charge in [0.25, 0.3) is 5.91 Å². The predicted octanol–water partition coefficient (Wildman–Crippen LogP) is 3.79. The molecule has 2 aliphatic heterocycles. The highest BCUT2D eigenvalue weighted by Gasteiger charge is 2.50. The van der Waals surface area contributed by atoms with Crippen molar-refractivity contribution >= 4 is 45.5 Å². The highest BCUT2D eigenvalue weighted by Crippen LogP contribution is 2.32. The lowest BCUT2D eigenvalue weighted by Crippen LogP contribution is -2.61. The Hall–Kier alpha value is -6.17. The average Bonchev–Trinajstić information content (AvgIpc) is 4.09. The van der Waals surface area contributed by atoms with E-state index < -0.39 is 63.6 Å². The number of hydrogen-bond donors (Lipinski definition) is 4. The zero-order chi connectivity index (χ0) is 53.8. The van der Waals surface area contributed by atoms with E-state index in [2.05, 4.69) is 27.2 Å². The van der Waals surface area contributed by atoms with Crippen LogP contribution in [0.5, 0.6) is 11.5 Å². The van der Waals surface area contributed by atoms with Gasteiger partial charge in [0.1, 0.15) is 50.0 Å². The fraction of sp³-hybridized carbons (Fsp3) is 0.519. The maximum Gasteiger partial charge on any atom is 0.311 e. The van der Waals surface area contributed by atoms with Gasteiger partial charge in [-0.15, -0.1) is 6.42 Å². The molecule has 19 heteroatoms. The number of epoxide rings is 1. The Bertz CT molecular complexity index is 2460. The number of nitrogens with one attached hydrogen (secondary N) is 4. The van der Waals surface area contributed by atoms with E-state index in [0.29, 0.717) is 62.2 Å². The van der Waals surface area contributed by atoms with Crippen molar-refractivity contribution in [3.8, 4) is 23.8 Å². The number of esters is 1. The Morgan fingerprint density at radius 2 is 1.30 bits per heavy atom. The Labute approximate surface area is 430 Å². The summed E-state index contributed by atoms with van der Waals surface area (Å²) in [4.78, 5) is 83.1. The number of quaternary nitrogens is 1. The minimum absolute atomic E-state index is 0.0172. The second-order valence-electron chi connectivity index (χ2n) is 19.7. The fourth-order valence-electron chi connectivity index (χ4n) is 8.32. The molecule has 73 heavy (non-hydrogen) atoms. The van der Waals surface area contributed by atoms with Crippen molar-refractivity contribution in [3.05, 3.63) is 95.6 Å². The molecule has 5 atom stereocenters. The van der Waals surface area contributed by atoms with E-state index in [1.54, 1.807) is 26.0 Å². The topological polar surface area (TPSA) is 248 Å². The highest BCUT2D eigenvalue weighted by atomic mass is 32.2. The summed E-state index contributed by atoms with van der Waals surface area (Å²) in [6.07, 6.45) is 7.72. The van der Waals surface area contributed by atoms with Gasteiger partial charge in [0.15, 0.2) is 23.8 Å². The first-order chi connectivity index (χ1) is 34.5. The molecule has 4 N–H and O–H groups in total. The lowest BCUT2D eigenvalue weighted by atomic mass is 9.93. The van der Waals surface area contributed by atoms with Crippen molar-refractivity contribution in [1.82, 2.24) is 21.3 Å². The van der Waals surface area contributed by atoms with Crippen LogP contribution >= 0.6 is 0 Å². The van der Waals surface area contributed by atoms with E-state index in [1.807, 2.05) is 94.4 Å². The van der Waals surface area contributed by atoms with Crippen LogP contribution < -0.4 is 30.7 Å². The quantitative estimate of drug-likeness (QED) is 0.0224. The number of nitrogens with zero attached hydrogens (tertiary/aromatic N) is 1. The predicted molar refractivity (Wildman–Crippen MR) is 273 cm³/mol. The third-order valence-electron chi connectivity index (χ3n) is 12.2. The molecule has 0 bridgehead atoms. The highest BCUT2D eigenvalue weighted by molar-refractivity contribution is 7.84. The van der Waals surface area contributed by atoms with Crippen molar-refractivity contribution < 1.29 is 65.2 Å². The molecule has 0 aliphatic carbocycles. The summed E-state index contributed by atoms with van der Waals surface area (Å²) < 4.78 is 50.0.